The molecule has 3 aromatic rings. The monoisotopic (exact) mass is 382 g/mol. The summed E-state index contributed by atoms with van der Waals surface area (Å²) in [6, 6.07) is 22.0. The topological polar surface area (TPSA) is 26.3 Å². The minimum atomic E-state index is -0.0812. The van der Waals surface area contributed by atoms with Crippen LogP contribution in [0, 0.1) is 0 Å². The Morgan fingerprint density at radius 3 is 1.92 bits per heavy atom. The van der Waals surface area contributed by atoms with E-state index >= 15 is 0 Å². The zero-order valence-electron chi connectivity index (χ0n) is 12.5. The van der Waals surface area contributed by atoms with Crippen molar-refractivity contribution in [2.75, 3.05) is 0 Å². The standard InChI is InChI=1S/C19H13Cl2O2P.Li.H/c20-16-7-4-8-17(21)18(16)19(22)24-15-11-9-14(10-12-15)23-13-5-2-1-3-6-13;;/h1-12,24H;;. The van der Waals surface area contributed by atoms with Crippen LogP contribution in [0.4, 0.5) is 0 Å². The Labute approximate surface area is 170 Å². The Hall–Kier alpha value is -1.26. The molecule has 1 atom stereocenters. The van der Waals surface area contributed by atoms with Gasteiger partial charge >= 0.3 is 18.9 Å². The molecule has 25 heavy (non-hydrogen) atoms. The van der Waals surface area contributed by atoms with Crippen molar-refractivity contribution in [2.45, 2.75) is 0 Å². The van der Waals surface area contributed by atoms with Crippen LogP contribution in [0.25, 0.3) is 0 Å². The van der Waals surface area contributed by atoms with Crippen molar-refractivity contribution in [3.8, 4) is 11.5 Å². The molecule has 1 unspecified atom stereocenters. The summed E-state index contributed by atoms with van der Waals surface area (Å²) in [4.78, 5) is 12.4. The van der Waals surface area contributed by atoms with Gasteiger partial charge in [0, 0.05) is 0 Å². The van der Waals surface area contributed by atoms with E-state index in [2.05, 4.69) is 0 Å². The number of carbonyl (C=O) groups excluding carboxylic acids is 1. The van der Waals surface area contributed by atoms with E-state index in [4.69, 9.17) is 27.9 Å². The Morgan fingerprint density at radius 1 is 0.760 bits per heavy atom. The Kier molecular flexibility index (Phi) is 7.57. The number of hydrogen-bond donors (Lipinski definition) is 0. The van der Waals surface area contributed by atoms with Crippen LogP contribution in [-0.4, -0.2) is 24.4 Å². The Balaban J connectivity index is 0.00000225. The van der Waals surface area contributed by atoms with Crippen LogP contribution in [0.2, 0.25) is 10.0 Å². The molecule has 0 N–H and O–H groups in total. The zero-order chi connectivity index (χ0) is 16.9. The SMILES string of the molecule is O=C(Pc1ccc(Oc2ccccc2)cc1)c1c(Cl)cccc1Cl.[LiH]. The van der Waals surface area contributed by atoms with Gasteiger partial charge in [0.15, 0.2) is 5.52 Å². The van der Waals surface area contributed by atoms with Crippen LogP contribution in [0.15, 0.2) is 72.8 Å². The van der Waals surface area contributed by atoms with Crippen LogP contribution < -0.4 is 10.0 Å². The van der Waals surface area contributed by atoms with Crippen molar-refractivity contribution < 1.29 is 9.53 Å². The quantitative estimate of drug-likeness (QED) is 0.443. The molecule has 0 aromatic heterocycles. The molecule has 0 spiro atoms. The molecule has 0 saturated carbocycles. The first-order chi connectivity index (χ1) is 11.6. The maximum absolute atomic E-state index is 12.4. The minimum absolute atomic E-state index is 0. The van der Waals surface area contributed by atoms with Gasteiger partial charge in [0.1, 0.15) is 11.5 Å². The van der Waals surface area contributed by atoms with Crippen molar-refractivity contribution in [3.63, 3.8) is 0 Å². The molecule has 0 aliphatic heterocycles. The van der Waals surface area contributed by atoms with Gasteiger partial charge in [0.2, 0.25) is 0 Å². The number of halogens is 2. The molecule has 3 rings (SSSR count). The van der Waals surface area contributed by atoms with Crippen molar-refractivity contribution in [3.05, 3.63) is 88.4 Å². The van der Waals surface area contributed by atoms with Gasteiger partial charge in [-0.25, -0.2) is 0 Å². The summed E-state index contributed by atoms with van der Waals surface area (Å²) in [7, 11) is -0.0506. The van der Waals surface area contributed by atoms with Gasteiger partial charge in [0.25, 0.3) is 0 Å². The fourth-order valence-electron chi connectivity index (χ4n) is 2.14. The number of para-hydroxylation sites is 1. The molecule has 3 aromatic carbocycles. The molecule has 0 aliphatic carbocycles. The van der Waals surface area contributed by atoms with Crippen molar-refractivity contribution >= 4 is 61.5 Å². The second-order valence-corrected chi connectivity index (χ2v) is 7.09. The van der Waals surface area contributed by atoms with Crippen molar-refractivity contribution in [2.24, 2.45) is 0 Å². The maximum atomic E-state index is 12.4. The second-order valence-electron chi connectivity index (χ2n) is 4.99. The van der Waals surface area contributed by atoms with Gasteiger partial charge in [-0.2, -0.15) is 0 Å². The van der Waals surface area contributed by atoms with E-state index in [9.17, 15) is 4.79 Å². The van der Waals surface area contributed by atoms with Crippen LogP contribution >= 0.6 is 31.8 Å². The molecule has 0 radical (unpaired) electrons. The molecular formula is C19H14Cl2LiO2P. The number of benzene rings is 3. The second kappa shape index (κ2) is 9.44. The number of carbonyl (C=O) groups is 1. The summed E-state index contributed by atoms with van der Waals surface area (Å²) < 4.78 is 5.74. The van der Waals surface area contributed by atoms with Crippen LogP contribution in [0.1, 0.15) is 10.4 Å². The van der Waals surface area contributed by atoms with Gasteiger partial charge < -0.3 is 4.74 Å². The van der Waals surface area contributed by atoms with Gasteiger partial charge in [-0.05, 0) is 50.3 Å². The van der Waals surface area contributed by atoms with E-state index in [0.29, 0.717) is 15.6 Å². The van der Waals surface area contributed by atoms with Gasteiger partial charge in [-0.3, -0.25) is 4.79 Å². The van der Waals surface area contributed by atoms with Crippen LogP contribution in [0.3, 0.4) is 0 Å². The van der Waals surface area contributed by atoms with Gasteiger partial charge in [-0.15, -0.1) is 0 Å². The van der Waals surface area contributed by atoms with E-state index in [1.807, 2.05) is 54.6 Å². The summed E-state index contributed by atoms with van der Waals surface area (Å²) >= 11 is 12.2. The predicted octanol–water partition coefficient (Wildman–Crippen LogP) is 5.28. The number of hydrogen-bond acceptors (Lipinski definition) is 2. The van der Waals surface area contributed by atoms with E-state index in [0.717, 1.165) is 16.8 Å². The molecule has 2 nitrogen and oxygen atoms in total. The van der Waals surface area contributed by atoms with Crippen LogP contribution in [-0.2, 0) is 0 Å². The molecule has 0 bridgehead atoms. The third kappa shape index (κ3) is 5.35. The van der Waals surface area contributed by atoms with E-state index in [1.165, 1.54) is 0 Å². The fourth-order valence-corrected chi connectivity index (χ4v) is 3.86. The first-order valence-electron chi connectivity index (χ1n) is 7.22. The molecule has 0 saturated heterocycles. The Morgan fingerprint density at radius 2 is 1.32 bits per heavy atom. The summed E-state index contributed by atoms with van der Waals surface area (Å²) in [5.41, 5.74) is 0.297. The third-order valence-electron chi connectivity index (χ3n) is 3.28. The van der Waals surface area contributed by atoms with Crippen molar-refractivity contribution in [1.82, 2.24) is 0 Å². The van der Waals surface area contributed by atoms with Gasteiger partial charge in [0.05, 0.1) is 15.6 Å². The molecule has 0 heterocycles. The summed E-state index contributed by atoms with van der Waals surface area (Å²) in [5, 5.41) is 1.66. The number of rotatable bonds is 5. The molecular weight excluding hydrogens is 369 g/mol. The van der Waals surface area contributed by atoms with E-state index in [1.54, 1.807) is 18.2 Å². The zero-order valence-corrected chi connectivity index (χ0v) is 15.0. The van der Waals surface area contributed by atoms with E-state index in [-0.39, 0.29) is 33.0 Å². The van der Waals surface area contributed by atoms with Crippen LogP contribution in [0.5, 0.6) is 11.5 Å². The molecule has 0 fully saturated rings. The molecule has 0 aliphatic rings. The molecule has 122 valence electrons. The first-order valence-corrected chi connectivity index (χ1v) is 8.97. The average molecular weight is 383 g/mol. The average Bonchev–Trinajstić information content (AvgIpc) is 2.57. The number of ether oxygens (including phenoxy) is 1. The molecule has 6 heteroatoms. The normalized spacial score (nSPS) is 10.5. The van der Waals surface area contributed by atoms with Crippen molar-refractivity contribution in [1.29, 1.82) is 0 Å². The fraction of sp³-hybridized carbons (Fsp3) is 0. The first kappa shape index (κ1) is 20.1. The summed E-state index contributed by atoms with van der Waals surface area (Å²) in [6.45, 7) is 0. The summed E-state index contributed by atoms with van der Waals surface area (Å²) in [5.74, 6) is 1.49. The third-order valence-corrected chi connectivity index (χ3v) is 5.01. The van der Waals surface area contributed by atoms with Gasteiger partial charge in [-0.1, -0.05) is 59.6 Å². The van der Waals surface area contributed by atoms with E-state index < -0.39 is 0 Å². The molecule has 0 amide bonds. The Bertz CT molecular complexity index is 835. The summed E-state index contributed by atoms with van der Waals surface area (Å²) in [6.07, 6.45) is 0. The predicted molar refractivity (Wildman–Crippen MR) is 109 cm³/mol.